The van der Waals surface area contributed by atoms with Crippen LogP contribution in [0.4, 0.5) is 0 Å². The molecule has 0 spiro atoms. The summed E-state index contributed by atoms with van der Waals surface area (Å²) in [6, 6.07) is 13.8. The zero-order valence-electron chi connectivity index (χ0n) is 16.8. The van der Waals surface area contributed by atoms with E-state index in [0.717, 1.165) is 4.31 Å². The van der Waals surface area contributed by atoms with Gasteiger partial charge in [-0.2, -0.15) is 5.10 Å². The highest BCUT2D eigenvalue weighted by Gasteiger charge is 2.33. The molecule has 0 aliphatic carbocycles. The lowest BCUT2D eigenvalue weighted by Crippen LogP contribution is -2.24. The van der Waals surface area contributed by atoms with E-state index in [1.807, 2.05) is 0 Å². The number of fused-ring (bicyclic) bond motifs is 1. The quantitative estimate of drug-likeness (QED) is 0.446. The Bertz CT molecular complexity index is 1470. The van der Waals surface area contributed by atoms with Crippen molar-refractivity contribution >= 4 is 44.8 Å². The number of nitrogens with zero attached hydrogens (tertiary/aromatic N) is 4. The molecule has 4 rings (SSSR count). The topological polar surface area (TPSA) is 105 Å². The molecule has 0 saturated carbocycles. The SMILES string of the molecule is CN(C)S(=O)(=O)c1nn2c(-c3ccc(Cl)cc3)c(-c3ccccc3Cl)cnc2c1C(=O)O. The molecule has 0 aliphatic rings. The van der Waals surface area contributed by atoms with Crippen molar-refractivity contribution in [1.29, 1.82) is 0 Å². The second kappa shape index (κ2) is 8.18. The van der Waals surface area contributed by atoms with E-state index in [9.17, 15) is 18.3 Å². The summed E-state index contributed by atoms with van der Waals surface area (Å²) in [5.74, 6) is -1.46. The maximum Gasteiger partial charge on any atom is 0.342 e. The monoisotopic (exact) mass is 490 g/mol. The summed E-state index contributed by atoms with van der Waals surface area (Å²) in [5, 5.41) is 14.4. The summed E-state index contributed by atoms with van der Waals surface area (Å²) in [5.41, 5.74) is 1.57. The number of carboxylic acid groups (broad SMARTS) is 1. The van der Waals surface area contributed by atoms with Crippen LogP contribution in [0.25, 0.3) is 28.0 Å². The predicted octanol–water partition coefficient (Wildman–Crippen LogP) is 4.32. The third-order valence-electron chi connectivity index (χ3n) is 4.83. The number of sulfonamides is 1. The Morgan fingerprint density at radius 3 is 2.28 bits per heavy atom. The van der Waals surface area contributed by atoms with Gasteiger partial charge in [-0.05, 0) is 18.2 Å². The van der Waals surface area contributed by atoms with E-state index in [-0.39, 0.29) is 5.65 Å². The Labute approximate surface area is 193 Å². The van der Waals surface area contributed by atoms with Crippen LogP contribution in [0.15, 0.2) is 59.8 Å². The molecule has 1 N–H and O–H groups in total. The molecule has 11 heteroatoms. The first-order valence-corrected chi connectivity index (χ1v) is 11.4. The minimum atomic E-state index is -4.17. The zero-order chi connectivity index (χ0) is 23.2. The van der Waals surface area contributed by atoms with Gasteiger partial charge in [-0.15, -0.1) is 0 Å². The highest BCUT2D eigenvalue weighted by atomic mass is 35.5. The fourth-order valence-electron chi connectivity index (χ4n) is 3.27. The molecule has 0 amide bonds. The first-order valence-electron chi connectivity index (χ1n) is 9.21. The first-order chi connectivity index (χ1) is 15.1. The standard InChI is InChI=1S/C21H16Cl2N4O4S/c1-26(2)32(30,31)20-17(21(28)29)19-24-11-15(14-5-3-4-6-16(14)23)18(27(19)25-20)12-7-9-13(22)10-8-12/h3-11H,1-2H3,(H,28,29). The fraction of sp³-hybridized carbons (Fsp3) is 0.0952. The largest absolute Gasteiger partial charge is 0.477 e. The number of hydrogen-bond acceptors (Lipinski definition) is 5. The lowest BCUT2D eigenvalue weighted by Gasteiger charge is -2.13. The van der Waals surface area contributed by atoms with Crippen LogP contribution in [0.3, 0.4) is 0 Å². The highest BCUT2D eigenvalue weighted by molar-refractivity contribution is 7.89. The molecule has 32 heavy (non-hydrogen) atoms. The van der Waals surface area contributed by atoms with Crippen molar-refractivity contribution in [2.75, 3.05) is 14.1 Å². The second-order valence-electron chi connectivity index (χ2n) is 7.02. The van der Waals surface area contributed by atoms with Crippen molar-refractivity contribution in [2.24, 2.45) is 0 Å². The summed E-state index contributed by atoms with van der Waals surface area (Å²) in [4.78, 5) is 16.3. The van der Waals surface area contributed by atoms with E-state index in [1.54, 1.807) is 48.5 Å². The van der Waals surface area contributed by atoms with E-state index >= 15 is 0 Å². The van der Waals surface area contributed by atoms with Gasteiger partial charge in [0.2, 0.25) is 5.03 Å². The summed E-state index contributed by atoms with van der Waals surface area (Å²) < 4.78 is 27.8. The summed E-state index contributed by atoms with van der Waals surface area (Å²) in [6.45, 7) is 0. The molecule has 2 aromatic heterocycles. The Balaban J connectivity index is 2.18. The van der Waals surface area contributed by atoms with Crippen molar-refractivity contribution in [3.63, 3.8) is 0 Å². The van der Waals surface area contributed by atoms with E-state index < -0.39 is 26.6 Å². The first kappa shape index (κ1) is 22.2. The highest BCUT2D eigenvalue weighted by Crippen LogP contribution is 2.37. The van der Waals surface area contributed by atoms with Crippen LogP contribution in [0.5, 0.6) is 0 Å². The number of benzene rings is 2. The Kier molecular flexibility index (Phi) is 5.68. The van der Waals surface area contributed by atoms with Gasteiger partial charge < -0.3 is 5.11 Å². The number of aromatic nitrogens is 3. The van der Waals surface area contributed by atoms with Gasteiger partial charge >= 0.3 is 5.97 Å². The molecule has 8 nitrogen and oxygen atoms in total. The van der Waals surface area contributed by atoms with Crippen LogP contribution in [-0.4, -0.2) is 52.5 Å². The molecule has 0 fully saturated rings. The molecular formula is C21H16Cl2N4O4S. The third-order valence-corrected chi connectivity index (χ3v) is 7.15. The third kappa shape index (κ3) is 3.63. The van der Waals surface area contributed by atoms with Gasteiger partial charge in [-0.1, -0.05) is 53.5 Å². The lowest BCUT2D eigenvalue weighted by atomic mass is 10.0. The molecule has 0 radical (unpaired) electrons. The average molecular weight is 491 g/mol. The smallest absolute Gasteiger partial charge is 0.342 e. The Morgan fingerprint density at radius 2 is 1.69 bits per heavy atom. The number of aromatic carboxylic acids is 1. The molecule has 4 aromatic rings. The fourth-order valence-corrected chi connectivity index (χ4v) is 4.60. The van der Waals surface area contributed by atoms with Gasteiger partial charge in [-0.25, -0.2) is 27.0 Å². The van der Waals surface area contributed by atoms with Crippen molar-refractivity contribution in [1.82, 2.24) is 18.9 Å². The van der Waals surface area contributed by atoms with Gasteiger partial charge in [0.25, 0.3) is 10.0 Å². The number of rotatable bonds is 5. The molecule has 164 valence electrons. The number of carbonyl (C=O) groups is 1. The predicted molar refractivity (Wildman–Crippen MR) is 122 cm³/mol. The number of halogens is 2. The molecular weight excluding hydrogens is 475 g/mol. The van der Waals surface area contributed by atoms with Crippen LogP contribution in [0, 0.1) is 0 Å². The van der Waals surface area contributed by atoms with Gasteiger partial charge in [0.05, 0.1) is 5.69 Å². The van der Waals surface area contributed by atoms with Crippen molar-refractivity contribution in [3.8, 4) is 22.4 Å². The molecule has 0 bridgehead atoms. The van der Waals surface area contributed by atoms with Gasteiger partial charge in [0, 0.05) is 47.0 Å². The second-order valence-corrected chi connectivity index (χ2v) is 9.93. The van der Waals surface area contributed by atoms with Gasteiger partial charge in [0.15, 0.2) is 5.65 Å². The minimum Gasteiger partial charge on any atom is -0.477 e. The average Bonchev–Trinajstić information content (AvgIpc) is 3.15. The number of carboxylic acids is 1. The van der Waals surface area contributed by atoms with Crippen LogP contribution in [0.1, 0.15) is 10.4 Å². The minimum absolute atomic E-state index is 0.112. The molecule has 0 saturated heterocycles. The van der Waals surface area contributed by atoms with Crippen molar-refractivity contribution in [2.45, 2.75) is 5.03 Å². The molecule has 0 atom stereocenters. The normalized spacial score (nSPS) is 11.9. The van der Waals surface area contributed by atoms with Crippen molar-refractivity contribution in [3.05, 3.63) is 70.3 Å². The van der Waals surface area contributed by atoms with E-state index in [4.69, 9.17) is 23.2 Å². The maximum atomic E-state index is 12.8. The van der Waals surface area contributed by atoms with Crippen LogP contribution in [0.2, 0.25) is 10.0 Å². The van der Waals surface area contributed by atoms with Crippen LogP contribution >= 0.6 is 23.2 Å². The number of hydrogen-bond donors (Lipinski definition) is 1. The van der Waals surface area contributed by atoms with Crippen LogP contribution in [-0.2, 0) is 10.0 Å². The van der Waals surface area contributed by atoms with E-state index in [1.165, 1.54) is 24.8 Å². The molecule has 0 unspecified atom stereocenters. The summed E-state index contributed by atoms with van der Waals surface area (Å²) in [6.07, 6.45) is 1.46. The van der Waals surface area contributed by atoms with E-state index in [2.05, 4.69) is 10.1 Å². The van der Waals surface area contributed by atoms with Gasteiger partial charge in [0.1, 0.15) is 5.56 Å². The van der Waals surface area contributed by atoms with E-state index in [0.29, 0.717) is 32.4 Å². The molecule has 2 aromatic carbocycles. The summed E-state index contributed by atoms with van der Waals surface area (Å²) in [7, 11) is -1.57. The zero-order valence-corrected chi connectivity index (χ0v) is 19.1. The summed E-state index contributed by atoms with van der Waals surface area (Å²) >= 11 is 12.5. The molecule has 2 heterocycles. The Hall–Kier alpha value is -2.98. The van der Waals surface area contributed by atoms with Crippen LogP contribution < -0.4 is 0 Å². The van der Waals surface area contributed by atoms with Gasteiger partial charge in [-0.3, -0.25) is 0 Å². The maximum absolute atomic E-state index is 12.8. The molecule has 0 aliphatic heterocycles. The Morgan fingerprint density at radius 1 is 1.03 bits per heavy atom. The lowest BCUT2D eigenvalue weighted by molar-refractivity contribution is 0.0694. The van der Waals surface area contributed by atoms with Crippen molar-refractivity contribution < 1.29 is 18.3 Å².